The van der Waals surface area contributed by atoms with E-state index in [9.17, 15) is 5.11 Å². The highest BCUT2D eigenvalue weighted by Gasteiger charge is 2.54. The average Bonchev–Trinajstić information content (AvgIpc) is 3.11. The van der Waals surface area contributed by atoms with Gasteiger partial charge in [0.15, 0.2) is 8.32 Å². The van der Waals surface area contributed by atoms with Crippen molar-refractivity contribution < 1.29 is 32.9 Å². The first kappa shape index (κ1) is 40.5. The number of hydrogen-bond donors (Lipinski definition) is 1. The van der Waals surface area contributed by atoms with E-state index in [1.807, 2.05) is 6.07 Å². The second kappa shape index (κ2) is 19.4. The summed E-state index contributed by atoms with van der Waals surface area (Å²) < 4.78 is 40.7. The molecule has 9 heteroatoms. The maximum absolute atomic E-state index is 10.1. The summed E-state index contributed by atoms with van der Waals surface area (Å²) in [6.45, 7) is 26.3. The zero-order valence-corrected chi connectivity index (χ0v) is 32.7. The van der Waals surface area contributed by atoms with Crippen molar-refractivity contribution in [1.82, 2.24) is 0 Å². The van der Waals surface area contributed by atoms with Crippen molar-refractivity contribution >= 4 is 16.6 Å². The molecule has 7 nitrogen and oxygen atoms in total. The van der Waals surface area contributed by atoms with Crippen LogP contribution in [-0.4, -0.2) is 79.4 Å². The van der Waals surface area contributed by atoms with Crippen LogP contribution in [0.4, 0.5) is 0 Å². The lowest BCUT2D eigenvalue weighted by atomic mass is 9.87. The van der Waals surface area contributed by atoms with Gasteiger partial charge in [-0.15, -0.1) is 0 Å². The Balaban J connectivity index is 2.79. The van der Waals surface area contributed by atoms with E-state index in [-0.39, 0.29) is 55.8 Å². The van der Waals surface area contributed by atoms with Crippen molar-refractivity contribution in [2.45, 2.75) is 154 Å². The van der Waals surface area contributed by atoms with E-state index in [1.165, 1.54) is 0 Å². The van der Waals surface area contributed by atoms with E-state index >= 15 is 0 Å². The fourth-order valence-corrected chi connectivity index (χ4v) is 16.3. The molecule has 7 atom stereocenters. The van der Waals surface area contributed by atoms with Gasteiger partial charge in [0.1, 0.15) is 12.9 Å². The van der Waals surface area contributed by atoms with Gasteiger partial charge in [-0.3, -0.25) is 0 Å². The summed E-state index contributed by atoms with van der Waals surface area (Å²) in [5, 5.41) is 10.1. The maximum atomic E-state index is 10.1. The second-order valence-electron chi connectivity index (χ2n) is 14.3. The van der Waals surface area contributed by atoms with Gasteiger partial charge in [0.05, 0.1) is 37.6 Å². The molecule has 1 aromatic carbocycles. The number of benzene rings is 1. The van der Waals surface area contributed by atoms with Crippen LogP contribution < -0.4 is 0 Å². The van der Waals surface area contributed by atoms with Crippen LogP contribution >= 0.6 is 0 Å². The number of methoxy groups -OCH3 is 1. The Labute approximate surface area is 278 Å². The number of aliphatic hydroxyl groups is 1. The predicted molar refractivity (Wildman–Crippen MR) is 190 cm³/mol. The molecule has 1 aliphatic heterocycles. The summed E-state index contributed by atoms with van der Waals surface area (Å²) in [6, 6.07) is 13.5. The summed E-state index contributed by atoms with van der Waals surface area (Å²) >= 11 is 0. The third-order valence-electron chi connectivity index (χ3n) is 10.7. The third kappa shape index (κ3) is 10.2. The Kier molecular flexibility index (Phi) is 17.5. The van der Waals surface area contributed by atoms with Crippen molar-refractivity contribution in [3.63, 3.8) is 0 Å². The van der Waals surface area contributed by atoms with E-state index in [1.54, 1.807) is 7.11 Å². The van der Waals surface area contributed by atoms with E-state index in [4.69, 9.17) is 27.8 Å². The predicted octanol–water partition coefficient (Wildman–Crippen LogP) is 8.57. The number of ether oxygens (including phenoxy) is 4. The molecule has 0 amide bonds. The highest BCUT2D eigenvalue weighted by molar-refractivity contribution is 6.77. The van der Waals surface area contributed by atoms with Gasteiger partial charge in [0.25, 0.3) is 0 Å². The minimum Gasteiger partial charge on any atom is -0.410 e. The molecule has 0 unspecified atom stereocenters. The van der Waals surface area contributed by atoms with E-state index in [2.05, 4.69) is 100 Å². The van der Waals surface area contributed by atoms with Crippen molar-refractivity contribution in [3.05, 3.63) is 35.9 Å². The van der Waals surface area contributed by atoms with Crippen LogP contribution in [-0.2, 0) is 34.4 Å². The van der Waals surface area contributed by atoms with Gasteiger partial charge in [-0.1, -0.05) is 106 Å². The number of rotatable bonds is 20. The SMILES string of the molecule is CC[Si](CC)(CC)O[C@H]1[C@@H](OCc2ccccc2)[C@H](C)[C@@H](O[Si](C(C)C)(C(C)C)C(C)C)[C@H](COCOC)O[C@@H]1[C@@H](C)CCO. The van der Waals surface area contributed by atoms with Crippen molar-refractivity contribution in [3.8, 4) is 0 Å². The van der Waals surface area contributed by atoms with Gasteiger partial charge in [-0.25, -0.2) is 0 Å². The molecule has 1 N–H and O–H groups in total. The summed E-state index contributed by atoms with van der Waals surface area (Å²) in [4.78, 5) is 0. The van der Waals surface area contributed by atoms with Crippen LogP contribution in [0.5, 0.6) is 0 Å². The Morgan fingerprint density at radius 1 is 0.822 bits per heavy atom. The molecule has 0 bridgehead atoms. The monoisotopic (exact) mass is 668 g/mol. The van der Waals surface area contributed by atoms with Gasteiger partial charge < -0.3 is 32.9 Å². The molecule has 45 heavy (non-hydrogen) atoms. The first-order valence-corrected chi connectivity index (χ1v) is 22.4. The average molecular weight is 669 g/mol. The Morgan fingerprint density at radius 2 is 1.40 bits per heavy atom. The van der Waals surface area contributed by atoms with E-state index in [0.717, 1.165) is 23.7 Å². The quantitative estimate of drug-likeness (QED) is 0.0848. The van der Waals surface area contributed by atoms with Crippen LogP contribution in [0.1, 0.15) is 88.1 Å². The zero-order chi connectivity index (χ0) is 33.8. The Bertz CT molecular complexity index is 897. The molecule has 1 aliphatic rings. The minimum atomic E-state index is -2.33. The molecule has 0 spiro atoms. The smallest absolute Gasteiger partial charge is 0.200 e. The summed E-state index contributed by atoms with van der Waals surface area (Å²) in [5.41, 5.74) is 2.36. The largest absolute Gasteiger partial charge is 0.410 e. The summed E-state index contributed by atoms with van der Waals surface area (Å²) in [6.07, 6.45) is -0.869. The molecule has 0 saturated carbocycles. The van der Waals surface area contributed by atoms with Crippen molar-refractivity contribution in [2.24, 2.45) is 11.8 Å². The molecule has 0 radical (unpaired) electrons. The van der Waals surface area contributed by atoms with Gasteiger partial charge in [-0.2, -0.15) is 0 Å². The lowest BCUT2D eigenvalue weighted by Gasteiger charge is -2.47. The molecule has 1 aromatic rings. The van der Waals surface area contributed by atoms with Crippen LogP contribution in [0.25, 0.3) is 0 Å². The molecule has 2 rings (SSSR count). The first-order valence-electron chi connectivity index (χ1n) is 17.7. The molecular formula is C36H68O7Si2. The molecule has 1 heterocycles. The van der Waals surface area contributed by atoms with E-state index < -0.39 is 16.6 Å². The van der Waals surface area contributed by atoms with Gasteiger partial charge >= 0.3 is 0 Å². The molecule has 0 aliphatic carbocycles. The maximum Gasteiger partial charge on any atom is 0.200 e. The van der Waals surface area contributed by atoms with Gasteiger partial charge in [0, 0.05) is 19.6 Å². The van der Waals surface area contributed by atoms with E-state index in [0.29, 0.717) is 36.3 Å². The van der Waals surface area contributed by atoms with Gasteiger partial charge in [-0.05, 0) is 52.7 Å². The lowest BCUT2D eigenvalue weighted by Crippen LogP contribution is -2.56. The normalized spacial score (nSPS) is 25.7. The Hall–Kier alpha value is -0.626. The zero-order valence-electron chi connectivity index (χ0n) is 30.7. The lowest BCUT2D eigenvalue weighted by molar-refractivity contribution is -0.156. The summed E-state index contributed by atoms with van der Waals surface area (Å²) in [5.74, 6) is -0.000144. The topological polar surface area (TPSA) is 75.6 Å². The van der Waals surface area contributed by atoms with Crippen LogP contribution in [0.2, 0.25) is 34.8 Å². The standard InChI is InChI=1S/C36H68O7Si2/c1-13-44(14-2,15-3)42-36-33(29(10)21-22-37)41-32(24-39-25-38-12)34(43-45(26(4)5,27(6)7)28(8)9)30(11)35(36)40-23-31-19-17-16-18-20-31/h16-20,26-30,32-37H,13-15,21-25H2,1-12H3/t29-,30+,32-,33+,34+,35-,36+/m0/s1. The fourth-order valence-electron chi connectivity index (χ4n) is 7.84. The Morgan fingerprint density at radius 3 is 1.89 bits per heavy atom. The van der Waals surface area contributed by atoms with Gasteiger partial charge in [0.2, 0.25) is 8.32 Å². The highest BCUT2D eigenvalue weighted by Crippen LogP contribution is 2.46. The highest BCUT2D eigenvalue weighted by atomic mass is 28.4. The molecule has 0 aromatic heterocycles. The molecular weight excluding hydrogens is 601 g/mol. The molecule has 262 valence electrons. The van der Waals surface area contributed by atoms with Crippen LogP contribution in [0, 0.1) is 11.8 Å². The second-order valence-corrected chi connectivity index (χ2v) is 24.4. The fraction of sp³-hybridized carbons (Fsp3) is 0.833. The van der Waals surface area contributed by atoms with Crippen molar-refractivity contribution in [2.75, 3.05) is 27.1 Å². The third-order valence-corrected chi connectivity index (χ3v) is 21.4. The van der Waals surface area contributed by atoms with Crippen LogP contribution in [0.15, 0.2) is 30.3 Å². The van der Waals surface area contributed by atoms with Crippen LogP contribution in [0.3, 0.4) is 0 Å². The minimum absolute atomic E-state index is 0.0401. The molecule has 1 saturated heterocycles. The summed E-state index contributed by atoms with van der Waals surface area (Å²) in [7, 11) is -2.79. The first-order chi connectivity index (χ1) is 21.4. The molecule has 1 fully saturated rings. The van der Waals surface area contributed by atoms with Crippen molar-refractivity contribution in [1.29, 1.82) is 0 Å². The number of aliphatic hydroxyl groups excluding tert-OH is 1. The number of hydrogen-bond acceptors (Lipinski definition) is 7.